The molecule has 2 aliphatic rings. The van der Waals surface area contributed by atoms with Gasteiger partial charge >= 0.3 is 0 Å². The van der Waals surface area contributed by atoms with Gasteiger partial charge in [0.2, 0.25) is 5.91 Å². The van der Waals surface area contributed by atoms with Gasteiger partial charge in [-0.05, 0) is 55.2 Å². The van der Waals surface area contributed by atoms with Crippen molar-refractivity contribution in [3.63, 3.8) is 0 Å². The third-order valence-corrected chi connectivity index (χ3v) is 4.88. The van der Waals surface area contributed by atoms with E-state index in [1.165, 1.54) is 0 Å². The average molecular weight is 371 g/mol. The summed E-state index contributed by atoms with van der Waals surface area (Å²) in [6, 6.07) is 12.7. The van der Waals surface area contributed by atoms with Gasteiger partial charge in [-0.25, -0.2) is 0 Å². The maximum absolute atomic E-state index is 12.7. The standard InChI is InChI=1S/C20H19ClN2O3/c21-14-5-8-18-12(10-14)9-13(11-26-18)19(24)23-17-4-2-1-3-16(17)20(25)22-15-6-7-15/h1-5,8,10,13,15H,6-7,9,11H2,(H,22,25)(H,23,24). The van der Waals surface area contributed by atoms with E-state index < -0.39 is 0 Å². The Morgan fingerprint density at radius 1 is 1.12 bits per heavy atom. The van der Waals surface area contributed by atoms with E-state index in [0.717, 1.165) is 24.2 Å². The predicted molar refractivity (Wildman–Crippen MR) is 99.7 cm³/mol. The van der Waals surface area contributed by atoms with E-state index >= 15 is 0 Å². The first kappa shape index (κ1) is 16.9. The molecule has 5 nitrogen and oxygen atoms in total. The van der Waals surface area contributed by atoms with Gasteiger partial charge in [0.1, 0.15) is 12.4 Å². The second-order valence-electron chi connectivity index (χ2n) is 6.75. The quantitative estimate of drug-likeness (QED) is 0.866. The summed E-state index contributed by atoms with van der Waals surface area (Å²) in [5, 5.41) is 6.46. The molecule has 2 aromatic rings. The summed E-state index contributed by atoms with van der Waals surface area (Å²) in [6.07, 6.45) is 2.58. The van der Waals surface area contributed by atoms with E-state index in [9.17, 15) is 9.59 Å². The Bertz CT molecular complexity index is 864. The van der Waals surface area contributed by atoms with Crippen LogP contribution >= 0.6 is 11.6 Å². The molecule has 1 aliphatic heterocycles. The fourth-order valence-electron chi connectivity index (χ4n) is 3.05. The molecule has 6 heteroatoms. The number of amides is 2. The van der Waals surface area contributed by atoms with Crippen LogP contribution in [-0.4, -0.2) is 24.5 Å². The van der Waals surface area contributed by atoms with Crippen LogP contribution in [0, 0.1) is 5.92 Å². The second kappa shape index (κ2) is 7.00. The van der Waals surface area contributed by atoms with E-state index in [4.69, 9.17) is 16.3 Å². The van der Waals surface area contributed by atoms with Crippen molar-refractivity contribution in [1.29, 1.82) is 0 Å². The molecular formula is C20H19ClN2O3. The summed E-state index contributed by atoms with van der Waals surface area (Å²) < 4.78 is 5.69. The van der Waals surface area contributed by atoms with Crippen LogP contribution in [0.25, 0.3) is 0 Å². The van der Waals surface area contributed by atoms with Crippen LogP contribution in [-0.2, 0) is 11.2 Å². The van der Waals surface area contributed by atoms with Crippen molar-refractivity contribution in [2.45, 2.75) is 25.3 Å². The highest BCUT2D eigenvalue weighted by molar-refractivity contribution is 6.30. The lowest BCUT2D eigenvalue weighted by Gasteiger charge is -2.25. The first-order chi connectivity index (χ1) is 12.6. The highest BCUT2D eigenvalue weighted by Gasteiger charge is 2.28. The van der Waals surface area contributed by atoms with Gasteiger partial charge in [-0.1, -0.05) is 23.7 Å². The van der Waals surface area contributed by atoms with Gasteiger partial charge in [-0.3, -0.25) is 9.59 Å². The summed E-state index contributed by atoms with van der Waals surface area (Å²) >= 11 is 6.04. The lowest BCUT2D eigenvalue weighted by Crippen LogP contribution is -2.33. The molecule has 0 aromatic heterocycles. The monoisotopic (exact) mass is 370 g/mol. The maximum atomic E-state index is 12.7. The van der Waals surface area contributed by atoms with Crippen LogP contribution in [0.2, 0.25) is 5.02 Å². The minimum atomic E-state index is -0.333. The summed E-state index contributed by atoms with van der Waals surface area (Å²) in [7, 11) is 0. The van der Waals surface area contributed by atoms with E-state index in [1.54, 1.807) is 30.3 Å². The highest BCUT2D eigenvalue weighted by Crippen LogP contribution is 2.30. The van der Waals surface area contributed by atoms with Crippen LogP contribution in [0.1, 0.15) is 28.8 Å². The predicted octanol–water partition coefficient (Wildman–Crippen LogP) is 3.42. The molecule has 0 spiro atoms. The van der Waals surface area contributed by atoms with Crippen molar-refractivity contribution in [3.8, 4) is 5.75 Å². The number of nitrogens with one attached hydrogen (secondary N) is 2. The largest absolute Gasteiger partial charge is 0.492 e. The number of ether oxygens (including phenoxy) is 1. The molecule has 134 valence electrons. The van der Waals surface area contributed by atoms with Gasteiger partial charge in [0.15, 0.2) is 0 Å². The molecule has 1 fully saturated rings. The zero-order valence-corrected chi connectivity index (χ0v) is 14.9. The van der Waals surface area contributed by atoms with Crippen molar-refractivity contribution in [2.24, 2.45) is 5.92 Å². The van der Waals surface area contributed by atoms with Crippen LogP contribution in [0.15, 0.2) is 42.5 Å². The van der Waals surface area contributed by atoms with E-state index in [1.807, 2.05) is 12.1 Å². The van der Waals surface area contributed by atoms with Crippen LogP contribution in [0.4, 0.5) is 5.69 Å². The van der Waals surface area contributed by atoms with E-state index in [-0.39, 0.29) is 23.8 Å². The Labute approximate surface area is 156 Å². The number of carbonyl (C=O) groups is 2. The van der Waals surface area contributed by atoms with E-state index in [0.29, 0.717) is 29.3 Å². The fraction of sp³-hybridized carbons (Fsp3) is 0.300. The van der Waals surface area contributed by atoms with Crippen LogP contribution in [0.3, 0.4) is 0 Å². The number of hydrogen-bond acceptors (Lipinski definition) is 3. The molecule has 0 saturated heterocycles. The summed E-state index contributed by atoms with van der Waals surface area (Å²) in [6.45, 7) is 0.302. The Morgan fingerprint density at radius 3 is 2.73 bits per heavy atom. The zero-order valence-electron chi connectivity index (χ0n) is 14.1. The van der Waals surface area contributed by atoms with Crippen molar-refractivity contribution in [2.75, 3.05) is 11.9 Å². The number of fused-ring (bicyclic) bond motifs is 1. The molecule has 26 heavy (non-hydrogen) atoms. The Balaban J connectivity index is 1.47. The maximum Gasteiger partial charge on any atom is 0.253 e. The first-order valence-electron chi connectivity index (χ1n) is 8.72. The molecule has 1 heterocycles. The van der Waals surface area contributed by atoms with Crippen molar-refractivity contribution >= 4 is 29.1 Å². The fourth-order valence-corrected chi connectivity index (χ4v) is 3.24. The van der Waals surface area contributed by atoms with Gasteiger partial charge in [0.05, 0.1) is 17.2 Å². The SMILES string of the molecule is O=C(NC1CC1)c1ccccc1NC(=O)C1COc2ccc(Cl)cc2C1. The molecule has 1 atom stereocenters. The van der Waals surface area contributed by atoms with Crippen molar-refractivity contribution in [3.05, 3.63) is 58.6 Å². The molecule has 2 N–H and O–H groups in total. The minimum Gasteiger partial charge on any atom is -0.492 e. The molecular weight excluding hydrogens is 352 g/mol. The van der Waals surface area contributed by atoms with Gasteiger partial charge in [0.25, 0.3) is 5.91 Å². The topological polar surface area (TPSA) is 67.4 Å². The average Bonchev–Trinajstić information content (AvgIpc) is 3.45. The van der Waals surface area contributed by atoms with Gasteiger partial charge in [-0.2, -0.15) is 0 Å². The molecule has 1 aliphatic carbocycles. The number of rotatable bonds is 4. The Morgan fingerprint density at radius 2 is 1.92 bits per heavy atom. The number of para-hydroxylation sites is 1. The molecule has 1 unspecified atom stereocenters. The minimum absolute atomic E-state index is 0.152. The highest BCUT2D eigenvalue weighted by atomic mass is 35.5. The summed E-state index contributed by atoms with van der Waals surface area (Å²) in [5.41, 5.74) is 1.92. The van der Waals surface area contributed by atoms with Gasteiger partial charge in [0, 0.05) is 11.1 Å². The molecule has 0 radical (unpaired) electrons. The molecule has 2 aromatic carbocycles. The number of carbonyl (C=O) groups excluding carboxylic acids is 2. The molecule has 4 rings (SSSR count). The van der Waals surface area contributed by atoms with Crippen molar-refractivity contribution in [1.82, 2.24) is 5.32 Å². The molecule has 2 amide bonds. The Kier molecular flexibility index (Phi) is 4.55. The summed E-state index contributed by atoms with van der Waals surface area (Å²) in [5.74, 6) is 0.117. The van der Waals surface area contributed by atoms with Gasteiger partial charge in [-0.15, -0.1) is 0 Å². The number of benzene rings is 2. The van der Waals surface area contributed by atoms with Gasteiger partial charge < -0.3 is 15.4 Å². The number of anilines is 1. The van der Waals surface area contributed by atoms with E-state index in [2.05, 4.69) is 10.6 Å². The lowest BCUT2D eigenvalue weighted by molar-refractivity contribution is -0.121. The third-order valence-electron chi connectivity index (χ3n) is 4.64. The molecule has 0 bridgehead atoms. The number of halogens is 1. The van der Waals surface area contributed by atoms with Crippen LogP contribution < -0.4 is 15.4 Å². The number of hydrogen-bond donors (Lipinski definition) is 2. The second-order valence-corrected chi connectivity index (χ2v) is 7.18. The normalized spacial score (nSPS) is 18.4. The zero-order chi connectivity index (χ0) is 18.1. The third kappa shape index (κ3) is 3.68. The lowest BCUT2D eigenvalue weighted by atomic mass is 9.96. The smallest absolute Gasteiger partial charge is 0.253 e. The first-order valence-corrected chi connectivity index (χ1v) is 9.10. The Hall–Kier alpha value is -2.53. The van der Waals surface area contributed by atoms with Crippen LogP contribution in [0.5, 0.6) is 5.75 Å². The molecule has 1 saturated carbocycles. The summed E-state index contributed by atoms with van der Waals surface area (Å²) in [4.78, 5) is 25.1. The van der Waals surface area contributed by atoms with Crippen molar-refractivity contribution < 1.29 is 14.3 Å².